The van der Waals surface area contributed by atoms with E-state index in [1.807, 2.05) is 18.2 Å². The largest absolute Gasteiger partial charge is 0.488 e. The molecule has 0 bridgehead atoms. The van der Waals surface area contributed by atoms with E-state index in [1.54, 1.807) is 14.2 Å². The maximum Gasteiger partial charge on any atom is 0.191 e. The Balaban J connectivity index is 1.90. The maximum atomic E-state index is 5.61. The topological polar surface area (TPSA) is 27.7 Å². The normalized spacial score (nSPS) is 10.8. The Morgan fingerprint density at radius 1 is 0.800 bits per heavy atom. The Morgan fingerprint density at radius 2 is 1.40 bits per heavy atom. The molecule has 0 saturated carbocycles. The van der Waals surface area contributed by atoms with Gasteiger partial charge in [-0.3, -0.25) is 0 Å². The highest BCUT2D eigenvalue weighted by molar-refractivity contribution is 5.31. The zero-order valence-electron chi connectivity index (χ0n) is 11.9. The molecule has 2 rings (SSSR count). The van der Waals surface area contributed by atoms with Crippen molar-refractivity contribution in [3.8, 4) is 5.75 Å². The van der Waals surface area contributed by atoms with E-state index < -0.39 is 0 Å². The monoisotopic (exact) mass is 272 g/mol. The fraction of sp³-hybridized carbons (Fsp3) is 0.294. The standard InChI is InChI=1S/C17H20O3/c1-18-17(19-2)13-20-16-10-8-15(9-11-16)12-14-6-4-3-5-7-14/h3-11,17H,12-13H2,1-2H3. The number of rotatable bonds is 7. The minimum absolute atomic E-state index is 0.334. The molecule has 3 nitrogen and oxygen atoms in total. The molecule has 0 N–H and O–H groups in total. The van der Waals surface area contributed by atoms with Crippen molar-refractivity contribution < 1.29 is 14.2 Å². The van der Waals surface area contributed by atoms with Crippen molar-refractivity contribution in [2.24, 2.45) is 0 Å². The SMILES string of the molecule is COC(COc1ccc(Cc2ccccc2)cc1)OC. The average molecular weight is 272 g/mol. The molecule has 3 heteroatoms. The highest BCUT2D eigenvalue weighted by atomic mass is 16.7. The van der Waals surface area contributed by atoms with Crippen molar-refractivity contribution in [3.05, 3.63) is 65.7 Å². The highest BCUT2D eigenvalue weighted by Gasteiger charge is 2.05. The van der Waals surface area contributed by atoms with E-state index in [-0.39, 0.29) is 6.29 Å². The van der Waals surface area contributed by atoms with E-state index in [4.69, 9.17) is 14.2 Å². The molecule has 0 fully saturated rings. The molecule has 0 spiro atoms. The Kier molecular flexibility index (Phi) is 5.59. The van der Waals surface area contributed by atoms with Crippen LogP contribution in [0.25, 0.3) is 0 Å². The van der Waals surface area contributed by atoms with Crippen LogP contribution < -0.4 is 4.74 Å². The second kappa shape index (κ2) is 7.68. The van der Waals surface area contributed by atoms with Crippen LogP contribution in [-0.2, 0) is 15.9 Å². The smallest absolute Gasteiger partial charge is 0.191 e. The lowest BCUT2D eigenvalue weighted by atomic mass is 10.1. The van der Waals surface area contributed by atoms with E-state index >= 15 is 0 Å². The second-order valence-electron chi connectivity index (χ2n) is 4.52. The predicted octanol–water partition coefficient (Wildman–Crippen LogP) is 3.28. The molecule has 0 heterocycles. The lowest BCUT2D eigenvalue weighted by Crippen LogP contribution is -2.21. The summed E-state index contributed by atoms with van der Waals surface area (Å²) in [5, 5.41) is 0. The van der Waals surface area contributed by atoms with Crippen molar-refractivity contribution in [1.29, 1.82) is 0 Å². The summed E-state index contributed by atoms with van der Waals surface area (Å²) in [6, 6.07) is 18.5. The van der Waals surface area contributed by atoms with Crippen LogP contribution in [0, 0.1) is 0 Å². The van der Waals surface area contributed by atoms with Crippen molar-refractivity contribution in [2.45, 2.75) is 12.7 Å². The highest BCUT2D eigenvalue weighted by Crippen LogP contribution is 2.15. The molecule has 2 aromatic rings. The summed E-state index contributed by atoms with van der Waals surface area (Å²) in [5.41, 5.74) is 2.57. The Morgan fingerprint density at radius 3 is 2.00 bits per heavy atom. The van der Waals surface area contributed by atoms with Gasteiger partial charge in [0.2, 0.25) is 0 Å². The van der Waals surface area contributed by atoms with Crippen molar-refractivity contribution in [1.82, 2.24) is 0 Å². The third kappa shape index (κ3) is 4.37. The number of methoxy groups -OCH3 is 2. The molecule has 20 heavy (non-hydrogen) atoms. The third-order valence-electron chi connectivity index (χ3n) is 3.09. The molecule has 0 saturated heterocycles. The van der Waals surface area contributed by atoms with Gasteiger partial charge in [0, 0.05) is 14.2 Å². The van der Waals surface area contributed by atoms with Crippen molar-refractivity contribution in [3.63, 3.8) is 0 Å². The predicted molar refractivity (Wildman–Crippen MR) is 79.0 cm³/mol. The number of hydrogen-bond acceptors (Lipinski definition) is 3. The first-order chi connectivity index (χ1) is 9.81. The number of benzene rings is 2. The minimum atomic E-state index is -0.334. The molecular formula is C17H20O3. The van der Waals surface area contributed by atoms with Crippen LogP contribution in [-0.4, -0.2) is 27.1 Å². The fourth-order valence-electron chi connectivity index (χ4n) is 1.93. The molecular weight excluding hydrogens is 252 g/mol. The molecule has 0 unspecified atom stereocenters. The first-order valence-electron chi connectivity index (χ1n) is 6.63. The molecule has 2 aromatic carbocycles. The summed E-state index contributed by atoms with van der Waals surface area (Å²) in [6.07, 6.45) is 0.596. The molecule has 0 aliphatic rings. The Labute approximate surface area is 120 Å². The molecule has 0 radical (unpaired) electrons. The van der Waals surface area contributed by atoms with Crippen molar-refractivity contribution in [2.75, 3.05) is 20.8 Å². The van der Waals surface area contributed by atoms with Gasteiger partial charge in [0.25, 0.3) is 0 Å². The summed E-state index contributed by atoms with van der Waals surface area (Å²) >= 11 is 0. The van der Waals surface area contributed by atoms with Gasteiger partial charge < -0.3 is 14.2 Å². The van der Waals surface area contributed by atoms with Gasteiger partial charge in [0.1, 0.15) is 12.4 Å². The van der Waals surface area contributed by atoms with Gasteiger partial charge in [-0.25, -0.2) is 0 Å². The molecule has 106 valence electrons. The van der Waals surface area contributed by atoms with Crippen LogP contribution >= 0.6 is 0 Å². The lowest BCUT2D eigenvalue weighted by Gasteiger charge is -2.14. The van der Waals surface area contributed by atoms with Crippen LogP contribution in [0.3, 0.4) is 0 Å². The van der Waals surface area contributed by atoms with Crippen LogP contribution in [0.1, 0.15) is 11.1 Å². The van der Waals surface area contributed by atoms with Gasteiger partial charge in [-0.15, -0.1) is 0 Å². The molecule has 0 aliphatic heterocycles. The summed E-state index contributed by atoms with van der Waals surface area (Å²) < 4.78 is 15.8. The second-order valence-corrected chi connectivity index (χ2v) is 4.52. The number of hydrogen-bond donors (Lipinski definition) is 0. The minimum Gasteiger partial charge on any atom is -0.488 e. The molecule has 0 amide bonds. The van der Waals surface area contributed by atoms with E-state index in [9.17, 15) is 0 Å². The van der Waals surface area contributed by atoms with Gasteiger partial charge in [-0.2, -0.15) is 0 Å². The Hall–Kier alpha value is -1.84. The fourth-order valence-corrected chi connectivity index (χ4v) is 1.93. The van der Waals surface area contributed by atoms with Crippen molar-refractivity contribution >= 4 is 0 Å². The van der Waals surface area contributed by atoms with Crippen LogP contribution in [0.4, 0.5) is 0 Å². The molecule has 0 atom stereocenters. The van der Waals surface area contributed by atoms with E-state index in [0.29, 0.717) is 6.61 Å². The van der Waals surface area contributed by atoms with E-state index in [2.05, 4.69) is 36.4 Å². The van der Waals surface area contributed by atoms with Gasteiger partial charge in [-0.05, 0) is 29.7 Å². The summed E-state index contributed by atoms with van der Waals surface area (Å²) in [5.74, 6) is 0.820. The van der Waals surface area contributed by atoms with Gasteiger partial charge in [0.15, 0.2) is 6.29 Å². The Bertz CT molecular complexity index is 489. The first-order valence-corrected chi connectivity index (χ1v) is 6.63. The molecule has 0 aliphatic carbocycles. The zero-order valence-corrected chi connectivity index (χ0v) is 11.9. The maximum absolute atomic E-state index is 5.61. The zero-order chi connectivity index (χ0) is 14.2. The molecule has 0 aromatic heterocycles. The van der Waals surface area contributed by atoms with Crippen LogP contribution in [0.15, 0.2) is 54.6 Å². The third-order valence-corrected chi connectivity index (χ3v) is 3.09. The number of ether oxygens (including phenoxy) is 3. The lowest BCUT2D eigenvalue weighted by molar-refractivity contribution is -0.121. The van der Waals surface area contributed by atoms with Gasteiger partial charge >= 0.3 is 0 Å². The van der Waals surface area contributed by atoms with Gasteiger partial charge in [0.05, 0.1) is 0 Å². The van der Waals surface area contributed by atoms with E-state index in [0.717, 1.165) is 12.2 Å². The van der Waals surface area contributed by atoms with Crippen LogP contribution in [0.2, 0.25) is 0 Å². The summed E-state index contributed by atoms with van der Waals surface area (Å²) in [7, 11) is 3.20. The quantitative estimate of drug-likeness (QED) is 0.724. The van der Waals surface area contributed by atoms with Crippen LogP contribution in [0.5, 0.6) is 5.75 Å². The average Bonchev–Trinajstić information content (AvgIpc) is 2.51. The van der Waals surface area contributed by atoms with Gasteiger partial charge in [-0.1, -0.05) is 42.5 Å². The van der Waals surface area contributed by atoms with E-state index in [1.165, 1.54) is 11.1 Å². The summed E-state index contributed by atoms with van der Waals surface area (Å²) in [6.45, 7) is 0.380. The summed E-state index contributed by atoms with van der Waals surface area (Å²) in [4.78, 5) is 0. The first kappa shape index (κ1) is 14.6.